The molecule has 1 aromatic heterocycles. The Kier molecular flexibility index (Phi) is 5.81. The van der Waals surface area contributed by atoms with E-state index in [9.17, 15) is 22.8 Å². The van der Waals surface area contributed by atoms with Gasteiger partial charge in [-0.15, -0.1) is 0 Å². The summed E-state index contributed by atoms with van der Waals surface area (Å²) in [5.74, 6) is -4.95. The first-order valence-electron chi connectivity index (χ1n) is 8.83. The molecule has 0 aliphatic carbocycles. The SMILES string of the molecule is CN(CC(=O)Nc1ccc(F)c(F)c1F)C(=O)c1ccc[nH+]c1N1CCCC1. The topological polar surface area (TPSA) is 66.8 Å². The molecule has 1 saturated heterocycles. The molecule has 0 saturated carbocycles. The lowest BCUT2D eigenvalue weighted by Crippen LogP contribution is -2.37. The minimum atomic E-state index is -1.67. The molecule has 2 aromatic rings. The molecule has 2 N–H and O–H groups in total. The van der Waals surface area contributed by atoms with Gasteiger partial charge in [0, 0.05) is 7.05 Å². The van der Waals surface area contributed by atoms with Crippen molar-refractivity contribution < 1.29 is 27.7 Å². The number of nitrogens with zero attached hydrogens (tertiary/aromatic N) is 2. The van der Waals surface area contributed by atoms with E-state index in [1.165, 1.54) is 11.9 Å². The van der Waals surface area contributed by atoms with Gasteiger partial charge in [0.05, 0.1) is 31.5 Å². The van der Waals surface area contributed by atoms with Crippen LogP contribution in [0.25, 0.3) is 0 Å². The number of pyridine rings is 1. The summed E-state index contributed by atoms with van der Waals surface area (Å²) in [4.78, 5) is 31.3. The highest BCUT2D eigenvalue weighted by molar-refractivity contribution is 6.01. The number of benzene rings is 1. The Labute approximate surface area is 160 Å². The molecule has 148 valence electrons. The summed E-state index contributed by atoms with van der Waals surface area (Å²) in [5.41, 5.74) is -0.0748. The molecular formula is C19H20F3N4O2+. The number of H-pyrrole nitrogens is 1. The maximum Gasteiger partial charge on any atom is 0.287 e. The van der Waals surface area contributed by atoms with Gasteiger partial charge in [-0.2, -0.15) is 0 Å². The third kappa shape index (κ3) is 4.08. The van der Waals surface area contributed by atoms with Crippen LogP contribution in [-0.4, -0.2) is 43.4 Å². The maximum absolute atomic E-state index is 13.7. The predicted molar refractivity (Wildman–Crippen MR) is 96.4 cm³/mol. The van der Waals surface area contributed by atoms with Crippen molar-refractivity contribution in [3.05, 3.63) is 53.5 Å². The summed E-state index contributed by atoms with van der Waals surface area (Å²) in [6, 6.07) is 4.99. The van der Waals surface area contributed by atoms with Crippen molar-refractivity contribution in [1.82, 2.24) is 4.90 Å². The van der Waals surface area contributed by atoms with E-state index >= 15 is 0 Å². The fraction of sp³-hybridized carbons (Fsp3) is 0.316. The lowest BCUT2D eigenvalue weighted by atomic mass is 10.2. The Balaban J connectivity index is 1.69. The van der Waals surface area contributed by atoms with E-state index in [0.29, 0.717) is 17.4 Å². The van der Waals surface area contributed by atoms with Crippen molar-refractivity contribution in [3.8, 4) is 0 Å². The summed E-state index contributed by atoms with van der Waals surface area (Å²) in [5, 5.41) is 2.15. The number of likely N-dealkylation sites (N-methyl/N-ethyl adjacent to an activating group) is 1. The van der Waals surface area contributed by atoms with Gasteiger partial charge >= 0.3 is 0 Å². The largest absolute Gasteiger partial charge is 0.332 e. The van der Waals surface area contributed by atoms with Crippen LogP contribution in [0.4, 0.5) is 24.7 Å². The molecule has 1 fully saturated rings. The van der Waals surface area contributed by atoms with Crippen LogP contribution in [0.2, 0.25) is 0 Å². The van der Waals surface area contributed by atoms with Gasteiger partial charge in [0.15, 0.2) is 17.5 Å². The molecule has 6 nitrogen and oxygen atoms in total. The number of aromatic amines is 1. The van der Waals surface area contributed by atoms with Gasteiger partial charge < -0.3 is 10.2 Å². The summed E-state index contributed by atoms with van der Waals surface area (Å²) in [6.07, 6.45) is 3.80. The molecule has 2 heterocycles. The van der Waals surface area contributed by atoms with Crippen molar-refractivity contribution in [1.29, 1.82) is 0 Å². The molecule has 1 aliphatic rings. The molecule has 28 heavy (non-hydrogen) atoms. The lowest BCUT2D eigenvalue weighted by molar-refractivity contribution is -0.364. The first-order valence-corrected chi connectivity index (χ1v) is 8.83. The number of rotatable bonds is 5. The fourth-order valence-corrected chi connectivity index (χ4v) is 3.11. The molecule has 0 unspecified atom stereocenters. The van der Waals surface area contributed by atoms with Crippen molar-refractivity contribution in [2.75, 3.05) is 36.9 Å². The molecule has 0 radical (unpaired) electrons. The normalized spacial score (nSPS) is 13.5. The Morgan fingerprint density at radius 1 is 1.14 bits per heavy atom. The molecule has 2 amide bonds. The number of aromatic nitrogens is 1. The first-order chi connectivity index (χ1) is 13.4. The van der Waals surface area contributed by atoms with Crippen molar-refractivity contribution in [2.24, 2.45) is 0 Å². The average Bonchev–Trinajstić information content (AvgIpc) is 3.22. The molecule has 0 spiro atoms. The van der Waals surface area contributed by atoms with Crippen molar-refractivity contribution in [3.63, 3.8) is 0 Å². The summed E-state index contributed by atoms with van der Waals surface area (Å²) < 4.78 is 39.9. The average molecular weight is 393 g/mol. The highest BCUT2D eigenvalue weighted by Gasteiger charge is 2.28. The minimum Gasteiger partial charge on any atom is -0.332 e. The predicted octanol–water partition coefficient (Wildman–Crippen LogP) is 2.23. The number of carbonyl (C=O) groups is 2. The van der Waals surface area contributed by atoms with Gasteiger partial charge in [0.1, 0.15) is 5.56 Å². The smallest absolute Gasteiger partial charge is 0.287 e. The molecule has 1 aromatic carbocycles. The number of carbonyl (C=O) groups excluding carboxylic acids is 2. The van der Waals surface area contributed by atoms with Crippen LogP contribution in [0.5, 0.6) is 0 Å². The maximum atomic E-state index is 13.7. The summed E-state index contributed by atoms with van der Waals surface area (Å²) >= 11 is 0. The van der Waals surface area contributed by atoms with Crippen LogP contribution in [0, 0.1) is 17.5 Å². The van der Waals surface area contributed by atoms with Gasteiger partial charge in [-0.05, 0) is 37.1 Å². The molecule has 9 heteroatoms. The van der Waals surface area contributed by atoms with Gasteiger partial charge in [-0.1, -0.05) is 0 Å². The van der Waals surface area contributed by atoms with Gasteiger partial charge in [0.2, 0.25) is 5.91 Å². The monoisotopic (exact) mass is 393 g/mol. The lowest BCUT2D eigenvalue weighted by Gasteiger charge is -2.19. The molecule has 0 bridgehead atoms. The fourth-order valence-electron chi connectivity index (χ4n) is 3.11. The van der Waals surface area contributed by atoms with Gasteiger partial charge in [0.25, 0.3) is 11.7 Å². The first kappa shape index (κ1) is 19.7. The van der Waals surface area contributed by atoms with Crippen LogP contribution < -0.4 is 15.2 Å². The van der Waals surface area contributed by atoms with E-state index in [4.69, 9.17) is 0 Å². The van der Waals surface area contributed by atoms with Crippen molar-refractivity contribution >= 4 is 23.3 Å². The standard InChI is InChI=1S/C19H19F3N4O2/c1-25(11-15(27)24-14-7-6-13(20)16(21)17(14)22)19(28)12-5-4-8-23-18(12)26-9-2-3-10-26/h4-8H,2-3,9-11H2,1H3,(H,24,27)/p+1. The second-order valence-corrected chi connectivity index (χ2v) is 6.56. The van der Waals surface area contributed by atoms with E-state index in [0.717, 1.165) is 32.0 Å². The zero-order valence-electron chi connectivity index (χ0n) is 15.3. The van der Waals surface area contributed by atoms with Crippen LogP contribution in [-0.2, 0) is 4.79 Å². The molecule has 1 aliphatic heterocycles. The second kappa shape index (κ2) is 8.28. The third-order valence-corrected chi connectivity index (χ3v) is 4.52. The van der Waals surface area contributed by atoms with E-state index in [2.05, 4.69) is 15.2 Å². The second-order valence-electron chi connectivity index (χ2n) is 6.56. The highest BCUT2D eigenvalue weighted by atomic mass is 19.2. The Bertz CT molecular complexity index is 901. The van der Waals surface area contributed by atoms with E-state index < -0.39 is 29.0 Å². The Hall–Kier alpha value is -3.10. The molecular weight excluding hydrogens is 373 g/mol. The highest BCUT2D eigenvalue weighted by Crippen LogP contribution is 2.21. The third-order valence-electron chi connectivity index (χ3n) is 4.52. The van der Waals surface area contributed by atoms with Crippen molar-refractivity contribution in [2.45, 2.75) is 12.8 Å². The van der Waals surface area contributed by atoms with Crippen LogP contribution >= 0.6 is 0 Å². The number of hydrogen-bond acceptors (Lipinski definition) is 3. The van der Waals surface area contributed by atoms with E-state index in [-0.39, 0.29) is 12.5 Å². The molecule has 3 rings (SSSR count). The van der Waals surface area contributed by atoms with Crippen LogP contribution in [0.1, 0.15) is 23.2 Å². The van der Waals surface area contributed by atoms with Gasteiger partial charge in [-0.25, -0.2) is 18.2 Å². The van der Waals surface area contributed by atoms with Crippen LogP contribution in [0.3, 0.4) is 0 Å². The minimum absolute atomic E-state index is 0.383. The number of nitrogens with one attached hydrogen (secondary N) is 2. The summed E-state index contributed by atoms with van der Waals surface area (Å²) in [7, 11) is 1.43. The zero-order chi connectivity index (χ0) is 20.3. The summed E-state index contributed by atoms with van der Waals surface area (Å²) in [6.45, 7) is 1.28. The number of amides is 2. The number of anilines is 2. The number of halogens is 3. The zero-order valence-corrected chi connectivity index (χ0v) is 15.3. The van der Waals surface area contributed by atoms with Crippen LogP contribution in [0.15, 0.2) is 30.5 Å². The number of hydrogen-bond donors (Lipinski definition) is 1. The van der Waals surface area contributed by atoms with E-state index in [1.54, 1.807) is 18.3 Å². The quantitative estimate of drug-likeness (QED) is 0.793. The Morgan fingerprint density at radius 3 is 2.57 bits per heavy atom. The molecule has 0 atom stereocenters. The van der Waals surface area contributed by atoms with Gasteiger partial charge in [-0.3, -0.25) is 14.5 Å². The van der Waals surface area contributed by atoms with E-state index in [1.807, 2.05) is 0 Å². The Morgan fingerprint density at radius 2 is 1.86 bits per heavy atom.